The molecule has 2 aromatic heterocycles. The lowest BCUT2D eigenvalue weighted by atomic mass is 10.2. The van der Waals surface area contributed by atoms with Gasteiger partial charge in [-0.15, -0.1) is 0 Å². The molecule has 24 heavy (non-hydrogen) atoms. The molecule has 2 heterocycles. The first-order valence-corrected chi connectivity index (χ1v) is 7.53. The predicted octanol–water partition coefficient (Wildman–Crippen LogP) is 2.38. The number of hydrogen-bond acceptors (Lipinski definition) is 4. The van der Waals surface area contributed by atoms with Crippen molar-refractivity contribution in [3.63, 3.8) is 0 Å². The molecule has 1 aromatic carbocycles. The van der Waals surface area contributed by atoms with Crippen molar-refractivity contribution in [2.24, 2.45) is 0 Å². The second-order valence-corrected chi connectivity index (χ2v) is 5.27. The van der Waals surface area contributed by atoms with Crippen LogP contribution in [-0.2, 0) is 6.54 Å². The average molecular weight is 326 g/mol. The summed E-state index contributed by atoms with van der Waals surface area (Å²) in [6, 6.07) is 12.3. The zero-order chi connectivity index (χ0) is 16.8. The first-order valence-electron chi connectivity index (χ1n) is 7.53. The molecule has 0 saturated carbocycles. The highest BCUT2D eigenvalue weighted by molar-refractivity contribution is 5.89. The number of furan rings is 1. The predicted molar refractivity (Wildman–Crippen MR) is 88.5 cm³/mol. The van der Waals surface area contributed by atoms with Crippen LogP contribution < -0.4 is 10.6 Å². The number of anilines is 1. The highest BCUT2D eigenvalue weighted by Gasteiger charge is 2.11. The Kier molecular flexibility index (Phi) is 4.93. The number of rotatable bonds is 6. The van der Waals surface area contributed by atoms with Gasteiger partial charge in [-0.3, -0.25) is 4.68 Å². The Hall–Kier alpha value is -3.06. The Labute approximate surface area is 138 Å². The number of amides is 2. The van der Waals surface area contributed by atoms with Crippen LogP contribution in [-0.4, -0.2) is 27.5 Å². The lowest BCUT2D eigenvalue weighted by Crippen LogP contribution is -2.32. The molecule has 0 aliphatic carbocycles. The van der Waals surface area contributed by atoms with Gasteiger partial charge in [-0.25, -0.2) is 4.79 Å². The number of benzene rings is 1. The van der Waals surface area contributed by atoms with Crippen molar-refractivity contribution in [3.8, 4) is 0 Å². The summed E-state index contributed by atoms with van der Waals surface area (Å²) in [4.78, 5) is 11.8. The van der Waals surface area contributed by atoms with Crippen molar-refractivity contribution in [2.75, 3.05) is 11.9 Å². The van der Waals surface area contributed by atoms with Crippen molar-refractivity contribution in [1.29, 1.82) is 0 Å². The third-order valence-corrected chi connectivity index (χ3v) is 3.44. The highest BCUT2D eigenvalue weighted by atomic mass is 16.4. The second-order valence-electron chi connectivity index (χ2n) is 5.27. The number of hydrogen-bond donors (Lipinski definition) is 3. The first kappa shape index (κ1) is 15.8. The largest absolute Gasteiger partial charge is 0.467 e. The standard InChI is InChI=1S/C17H18N4O3/c22-15(16-3-1-10-24-16)11-18-17(23)20-14-6-4-13(5-7-14)12-21-9-2-8-19-21/h1-10,15,22H,11-12H2,(H2,18,20,23). The molecule has 3 rings (SSSR count). The number of nitrogens with zero attached hydrogens (tertiary/aromatic N) is 2. The van der Waals surface area contributed by atoms with E-state index in [0.717, 1.165) is 5.56 Å². The number of nitrogens with one attached hydrogen (secondary N) is 2. The van der Waals surface area contributed by atoms with Crippen molar-refractivity contribution < 1.29 is 14.3 Å². The summed E-state index contributed by atoms with van der Waals surface area (Å²) in [5.74, 6) is 0.415. The first-order chi connectivity index (χ1) is 11.7. The zero-order valence-corrected chi connectivity index (χ0v) is 12.9. The summed E-state index contributed by atoms with van der Waals surface area (Å²) >= 11 is 0. The van der Waals surface area contributed by atoms with Gasteiger partial charge in [0, 0.05) is 18.1 Å². The Morgan fingerprint density at radius 2 is 2.08 bits per heavy atom. The van der Waals surface area contributed by atoms with Crippen molar-refractivity contribution >= 4 is 11.7 Å². The molecule has 7 nitrogen and oxygen atoms in total. The summed E-state index contributed by atoms with van der Waals surface area (Å²) < 4.78 is 6.90. The van der Waals surface area contributed by atoms with Crippen molar-refractivity contribution in [3.05, 3.63) is 72.4 Å². The summed E-state index contributed by atoms with van der Waals surface area (Å²) in [5.41, 5.74) is 1.75. The maximum atomic E-state index is 11.8. The van der Waals surface area contributed by atoms with Crippen molar-refractivity contribution in [2.45, 2.75) is 12.6 Å². The Balaban J connectivity index is 1.47. The molecule has 0 radical (unpaired) electrons. The molecule has 0 aliphatic rings. The van der Waals surface area contributed by atoms with E-state index in [-0.39, 0.29) is 12.6 Å². The minimum atomic E-state index is -0.873. The molecule has 0 spiro atoms. The number of carbonyl (C=O) groups excluding carboxylic acids is 1. The molecule has 0 bridgehead atoms. The van der Waals surface area contributed by atoms with E-state index in [0.29, 0.717) is 18.0 Å². The Bertz CT molecular complexity index is 752. The molecule has 0 fully saturated rings. The zero-order valence-electron chi connectivity index (χ0n) is 12.9. The van der Waals surface area contributed by atoms with Crippen LogP contribution in [0.5, 0.6) is 0 Å². The van der Waals surface area contributed by atoms with Gasteiger partial charge in [0.2, 0.25) is 0 Å². The van der Waals surface area contributed by atoms with Gasteiger partial charge in [-0.1, -0.05) is 12.1 Å². The second kappa shape index (κ2) is 7.47. The maximum absolute atomic E-state index is 11.8. The Morgan fingerprint density at radius 1 is 1.25 bits per heavy atom. The van der Waals surface area contributed by atoms with E-state index in [2.05, 4.69) is 15.7 Å². The van der Waals surface area contributed by atoms with Crippen LogP contribution in [0.2, 0.25) is 0 Å². The van der Waals surface area contributed by atoms with Crippen LogP contribution >= 0.6 is 0 Å². The van der Waals surface area contributed by atoms with Crippen LogP contribution in [0, 0.1) is 0 Å². The molecule has 2 amide bonds. The number of aromatic nitrogens is 2. The van der Waals surface area contributed by atoms with Gasteiger partial charge >= 0.3 is 6.03 Å². The fraction of sp³-hybridized carbons (Fsp3) is 0.176. The van der Waals surface area contributed by atoms with Gasteiger partial charge in [-0.05, 0) is 35.9 Å². The SMILES string of the molecule is O=C(NCC(O)c1ccco1)Nc1ccc(Cn2cccn2)cc1. The van der Waals surface area contributed by atoms with Crippen LogP contribution in [0.1, 0.15) is 17.4 Å². The summed E-state index contributed by atoms with van der Waals surface area (Å²) in [7, 11) is 0. The van der Waals surface area contributed by atoms with E-state index in [4.69, 9.17) is 4.42 Å². The average Bonchev–Trinajstić information content (AvgIpc) is 3.28. The van der Waals surface area contributed by atoms with Gasteiger partial charge in [0.05, 0.1) is 19.4 Å². The number of carbonyl (C=O) groups is 1. The minimum Gasteiger partial charge on any atom is -0.467 e. The van der Waals surface area contributed by atoms with Crippen LogP contribution in [0.15, 0.2) is 65.5 Å². The van der Waals surface area contributed by atoms with Gasteiger partial charge in [0.15, 0.2) is 0 Å². The third-order valence-electron chi connectivity index (χ3n) is 3.44. The topological polar surface area (TPSA) is 92.3 Å². The van der Waals surface area contributed by atoms with Crippen LogP contribution in [0.4, 0.5) is 10.5 Å². The molecule has 0 aliphatic heterocycles. The van der Waals surface area contributed by atoms with Crippen LogP contribution in [0.3, 0.4) is 0 Å². The smallest absolute Gasteiger partial charge is 0.319 e. The molecular formula is C17H18N4O3. The van der Waals surface area contributed by atoms with Gasteiger partial charge in [0.25, 0.3) is 0 Å². The van der Waals surface area contributed by atoms with E-state index in [1.165, 1.54) is 6.26 Å². The number of aliphatic hydroxyl groups excluding tert-OH is 1. The van der Waals surface area contributed by atoms with Crippen LogP contribution in [0.25, 0.3) is 0 Å². The summed E-state index contributed by atoms with van der Waals surface area (Å²) in [5, 5.41) is 19.3. The third kappa shape index (κ3) is 4.23. The maximum Gasteiger partial charge on any atom is 0.319 e. The Morgan fingerprint density at radius 3 is 2.75 bits per heavy atom. The molecule has 124 valence electrons. The summed E-state index contributed by atoms with van der Waals surface area (Å²) in [6.45, 7) is 0.742. The molecule has 0 saturated heterocycles. The van der Waals surface area contributed by atoms with E-state index >= 15 is 0 Å². The number of aliphatic hydroxyl groups is 1. The lowest BCUT2D eigenvalue weighted by molar-refractivity contribution is 0.149. The molecule has 1 unspecified atom stereocenters. The van der Waals surface area contributed by atoms with E-state index in [9.17, 15) is 9.90 Å². The minimum absolute atomic E-state index is 0.0662. The highest BCUT2D eigenvalue weighted by Crippen LogP contribution is 2.12. The normalized spacial score (nSPS) is 11.9. The number of urea groups is 1. The van der Waals surface area contributed by atoms with Gasteiger partial charge in [0.1, 0.15) is 11.9 Å². The van der Waals surface area contributed by atoms with E-state index in [1.54, 1.807) is 18.3 Å². The fourth-order valence-corrected chi connectivity index (χ4v) is 2.22. The molecule has 3 N–H and O–H groups in total. The fourth-order valence-electron chi connectivity index (χ4n) is 2.22. The van der Waals surface area contributed by atoms with E-state index < -0.39 is 6.10 Å². The molecule has 1 atom stereocenters. The molecule has 7 heteroatoms. The quantitative estimate of drug-likeness (QED) is 0.648. The lowest BCUT2D eigenvalue weighted by Gasteiger charge is -2.11. The molecule has 3 aromatic rings. The molecular weight excluding hydrogens is 308 g/mol. The summed E-state index contributed by atoms with van der Waals surface area (Å²) in [6.07, 6.45) is 4.23. The van der Waals surface area contributed by atoms with Crippen molar-refractivity contribution in [1.82, 2.24) is 15.1 Å². The monoisotopic (exact) mass is 326 g/mol. The van der Waals surface area contributed by atoms with E-state index in [1.807, 2.05) is 41.2 Å². The van der Waals surface area contributed by atoms with Gasteiger partial charge < -0.3 is 20.2 Å². The van der Waals surface area contributed by atoms with Gasteiger partial charge in [-0.2, -0.15) is 5.10 Å².